The van der Waals surface area contributed by atoms with Gasteiger partial charge < -0.3 is 10.6 Å². The number of benzene rings is 1. The molecule has 1 amide bonds. The third-order valence-corrected chi connectivity index (χ3v) is 4.20. The first kappa shape index (κ1) is 15.0. The molecule has 1 atom stereocenters. The van der Waals surface area contributed by atoms with E-state index >= 15 is 0 Å². The van der Waals surface area contributed by atoms with E-state index in [2.05, 4.69) is 31.2 Å². The summed E-state index contributed by atoms with van der Waals surface area (Å²) in [5.74, 6) is 0.285. The highest BCUT2D eigenvalue weighted by Crippen LogP contribution is 2.18. The molecule has 1 aromatic rings. The highest BCUT2D eigenvalue weighted by atomic mass is 16.2. The molecule has 3 heteroatoms. The van der Waals surface area contributed by atoms with E-state index in [1.54, 1.807) is 0 Å². The van der Waals surface area contributed by atoms with Gasteiger partial charge >= 0.3 is 0 Å². The molecule has 1 aliphatic heterocycles. The minimum atomic E-state index is 0.274. The Kier molecular flexibility index (Phi) is 5.60. The van der Waals surface area contributed by atoms with Crippen molar-refractivity contribution in [3.8, 4) is 0 Å². The molecule has 1 aromatic carbocycles. The summed E-state index contributed by atoms with van der Waals surface area (Å²) in [6, 6.07) is 8.85. The molecular weight excluding hydrogens is 248 g/mol. The summed E-state index contributed by atoms with van der Waals surface area (Å²) in [5, 5.41) is 0. The van der Waals surface area contributed by atoms with Crippen molar-refractivity contribution in [1.82, 2.24) is 4.90 Å². The van der Waals surface area contributed by atoms with Crippen LogP contribution in [0.4, 0.5) is 0 Å². The zero-order valence-electron chi connectivity index (χ0n) is 12.5. The molecule has 0 aromatic heterocycles. The van der Waals surface area contributed by atoms with Gasteiger partial charge in [0.25, 0.3) is 0 Å². The number of rotatable bonds is 5. The minimum absolute atomic E-state index is 0.274. The molecular formula is C17H26N2O. The van der Waals surface area contributed by atoms with Gasteiger partial charge in [-0.05, 0) is 44.6 Å². The van der Waals surface area contributed by atoms with Gasteiger partial charge in [-0.25, -0.2) is 0 Å². The van der Waals surface area contributed by atoms with E-state index in [4.69, 9.17) is 5.73 Å². The van der Waals surface area contributed by atoms with Gasteiger partial charge in [-0.1, -0.05) is 29.8 Å². The van der Waals surface area contributed by atoms with Crippen LogP contribution in [-0.2, 0) is 11.2 Å². The number of amides is 1. The second-order valence-corrected chi connectivity index (χ2v) is 5.81. The fourth-order valence-electron chi connectivity index (χ4n) is 2.92. The van der Waals surface area contributed by atoms with Gasteiger partial charge in [-0.3, -0.25) is 4.79 Å². The largest absolute Gasteiger partial charge is 0.338 e. The highest BCUT2D eigenvalue weighted by molar-refractivity contribution is 5.76. The van der Waals surface area contributed by atoms with Gasteiger partial charge in [0.2, 0.25) is 5.91 Å². The monoisotopic (exact) mass is 274 g/mol. The lowest BCUT2D eigenvalue weighted by molar-refractivity contribution is -0.134. The summed E-state index contributed by atoms with van der Waals surface area (Å²) in [7, 11) is 0. The number of piperidine rings is 1. The number of carbonyl (C=O) groups excluding carboxylic acids is 1. The Bertz CT molecular complexity index is 427. The van der Waals surface area contributed by atoms with E-state index in [-0.39, 0.29) is 11.9 Å². The van der Waals surface area contributed by atoms with Crippen LogP contribution in [0.15, 0.2) is 24.3 Å². The predicted molar refractivity (Wildman–Crippen MR) is 82.5 cm³/mol. The standard InChI is InChI=1S/C17H26N2O/c1-14-8-10-15(11-9-14)5-4-7-17(20)19-12-3-2-6-16(19)13-18/h8-11,16H,2-7,12-13,18H2,1H3. The lowest BCUT2D eigenvalue weighted by Gasteiger charge is -2.35. The average Bonchev–Trinajstić information content (AvgIpc) is 2.49. The molecule has 0 saturated carbocycles. The van der Waals surface area contributed by atoms with E-state index < -0.39 is 0 Å². The summed E-state index contributed by atoms with van der Waals surface area (Å²) in [5.41, 5.74) is 8.37. The van der Waals surface area contributed by atoms with Crippen molar-refractivity contribution in [2.24, 2.45) is 5.73 Å². The number of hydrogen-bond acceptors (Lipinski definition) is 2. The lowest BCUT2D eigenvalue weighted by atomic mass is 10.0. The van der Waals surface area contributed by atoms with Gasteiger partial charge in [0.15, 0.2) is 0 Å². The number of nitrogens with two attached hydrogens (primary N) is 1. The SMILES string of the molecule is Cc1ccc(CCCC(=O)N2CCCCC2CN)cc1. The van der Waals surface area contributed by atoms with Crippen molar-refractivity contribution in [3.05, 3.63) is 35.4 Å². The average molecular weight is 274 g/mol. The van der Waals surface area contributed by atoms with Crippen LogP contribution in [0.25, 0.3) is 0 Å². The first-order valence-electron chi connectivity index (χ1n) is 7.76. The van der Waals surface area contributed by atoms with Crippen molar-refractivity contribution in [3.63, 3.8) is 0 Å². The van der Waals surface area contributed by atoms with Gasteiger partial charge in [-0.2, -0.15) is 0 Å². The Morgan fingerprint density at radius 2 is 2.05 bits per heavy atom. The molecule has 1 heterocycles. The smallest absolute Gasteiger partial charge is 0.222 e. The van der Waals surface area contributed by atoms with Crippen molar-refractivity contribution in [1.29, 1.82) is 0 Å². The third kappa shape index (κ3) is 4.07. The maximum Gasteiger partial charge on any atom is 0.222 e. The van der Waals surface area contributed by atoms with E-state index in [1.165, 1.54) is 17.5 Å². The lowest BCUT2D eigenvalue weighted by Crippen LogP contribution is -2.47. The van der Waals surface area contributed by atoms with Gasteiger partial charge in [0.1, 0.15) is 0 Å². The molecule has 0 aliphatic carbocycles. The van der Waals surface area contributed by atoms with Crippen LogP contribution in [0.2, 0.25) is 0 Å². The third-order valence-electron chi connectivity index (χ3n) is 4.20. The van der Waals surface area contributed by atoms with Crippen molar-refractivity contribution >= 4 is 5.91 Å². The molecule has 110 valence electrons. The maximum absolute atomic E-state index is 12.3. The van der Waals surface area contributed by atoms with E-state index in [9.17, 15) is 4.79 Å². The molecule has 0 radical (unpaired) electrons. The van der Waals surface area contributed by atoms with E-state index in [0.717, 1.165) is 32.2 Å². The summed E-state index contributed by atoms with van der Waals surface area (Å²) in [6.07, 6.45) is 5.95. The van der Waals surface area contributed by atoms with Crippen LogP contribution in [0, 0.1) is 6.92 Å². The number of aryl methyl sites for hydroxylation is 2. The summed E-state index contributed by atoms with van der Waals surface area (Å²) in [4.78, 5) is 14.3. The molecule has 20 heavy (non-hydrogen) atoms. The zero-order valence-corrected chi connectivity index (χ0v) is 12.5. The number of likely N-dealkylation sites (tertiary alicyclic amines) is 1. The predicted octanol–water partition coefficient (Wildman–Crippen LogP) is 2.66. The fourth-order valence-corrected chi connectivity index (χ4v) is 2.92. The fraction of sp³-hybridized carbons (Fsp3) is 0.588. The molecule has 0 bridgehead atoms. The zero-order chi connectivity index (χ0) is 14.4. The van der Waals surface area contributed by atoms with Crippen LogP contribution in [0.3, 0.4) is 0 Å². The molecule has 2 N–H and O–H groups in total. The van der Waals surface area contributed by atoms with E-state index in [0.29, 0.717) is 13.0 Å². The van der Waals surface area contributed by atoms with Crippen LogP contribution < -0.4 is 5.73 Å². The van der Waals surface area contributed by atoms with Crippen LogP contribution in [0.1, 0.15) is 43.2 Å². The Hall–Kier alpha value is -1.35. The van der Waals surface area contributed by atoms with E-state index in [1.807, 2.05) is 4.90 Å². The van der Waals surface area contributed by atoms with Crippen molar-refractivity contribution < 1.29 is 4.79 Å². The minimum Gasteiger partial charge on any atom is -0.338 e. The number of carbonyl (C=O) groups is 1. The van der Waals surface area contributed by atoms with Gasteiger partial charge in [-0.15, -0.1) is 0 Å². The van der Waals surface area contributed by atoms with Gasteiger partial charge in [0.05, 0.1) is 0 Å². The Morgan fingerprint density at radius 3 is 2.75 bits per heavy atom. The van der Waals surface area contributed by atoms with Crippen LogP contribution in [-0.4, -0.2) is 29.9 Å². The van der Waals surface area contributed by atoms with Gasteiger partial charge in [0, 0.05) is 25.6 Å². The Balaban J connectivity index is 1.78. The molecule has 3 nitrogen and oxygen atoms in total. The maximum atomic E-state index is 12.3. The van der Waals surface area contributed by atoms with Crippen LogP contribution in [0.5, 0.6) is 0 Å². The van der Waals surface area contributed by atoms with Crippen molar-refractivity contribution in [2.45, 2.75) is 51.5 Å². The first-order valence-corrected chi connectivity index (χ1v) is 7.76. The molecule has 1 aliphatic rings. The summed E-state index contributed by atoms with van der Waals surface area (Å²) < 4.78 is 0. The molecule has 1 unspecified atom stereocenters. The topological polar surface area (TPSA) is 46.3 Å². The summed E-state index contributed by atoms with van der Waals surface area (Å²) >= 11 is 0. The number of hydrogen-bond donors (Lipinski definition) is 1. The molecule has 0 spiro atoms. The second-order valence-electron chi connectivity index (χ2n) is 5.81. The number of nitrogens with zero attached hydrogens (tertiary/aromatic N) is 1. The first-order chi connectivity index (χ1) is 9.70. The molecule has 2 rings (SSSR count). The molecule has 1 saturated heterocycles. The second kappa shape index (κ2) is 7.44. The normalized spacial score (nSPS) is 19.1. The quantitative estimate of drug-likeness (QED) is 0.897. The molecule has 1 fully saturated rings. The Morgan fingerprint density at radius 1 is 1.30 bits per heavy atom. The Labute approximate surface area is 122 Å². The van der Waals surface area contributed by atoms with Crippen LogP contribution >= 0.6 is 0 Å². The highest BCUT2D eigenvalue weighted by Gasteiger charge is 2.24. The summed E-state index contributed by atoms with van der Waals surface area (Å²) in [6.45, 7) is 3.59. The van der Waals surface area contributed by atoms with Crippen molar-refractivity contribution in [2.75, 3.05) is 13.1 Å².